The van der Waals surface area contributed by atoms with Crippen LogP contribution in [0.2, 0.25) is 0 Å². The van der Waals surface area contributed by atoms with E-state index in [0.717, 1.165) is 17.0 Å². The van der Waals surface area contributed by atoms with E-state index in [1.165, 1.54) is 23.5 Å². The molecule has 2 aromatic rings. The van der Waals surface area contributed by atoms with Crippen molar-refractivity contribution < 1.29 is 23.0 Å². The fourth-order valence-electron chi connectivity index (χ4n) is 1.42. The quantitative estimate of drug-likeness (QED) is 0.856. The smallest absolute Gasteiger partial charge is 0.406 e. The van der Waals surface area contributed by atoms with Gasteiger partial charge in [0.15, 0.2) is 0 Å². The molecule has 2 rings (SSSR count). The Hall–Kier alpha value is -1.97. The van der Waals surface area contributed by atoms with Crippen molar-refractivity contribution in [1.82, 2.24) is 0 Å². The van der Waals surface area contributed by atoms with Crippen LogP contribution in [0.5, 0.6) is 5.75 Å². The lowest BCUT2D eigenvalue weighted by Crippen LogP contribution is -2.17. The number of hydrogen-bond donors (Lipinski definition) is 1. The number of halogens is 3. The lowest BCUT2D eigenvalue weighted by Gasteiger charge is -2.09. The number of rotatable bonds is 2. The third kappa shape index (κ3) is 4.30. The summed E-state index contributed by atoms with van der Waals surface area (Å²) < 4.78 is 39.7. The topological polar surface area (TPSA) is 29.5 Å². The Kier molecular flexibility index (Phi) is 4.32. The summed E-state index contributed by atoms with van der Waals surface area (Å²) in [4.78, 5) is 0.807. The van der Waals surface area contributed by atoms with Gasteiger partial charge in [0.2, 0.25) is 0 Å². The van der Waals surface area contributed by atoms with Gasteiger partial charge in [-0.3, -0.25) is 0 Å². The van der Waals surface area contributed by atoms with E-state index < -0.39 is 12.5 Å². The second kappa shape index (κ2) is 5.99. The van der Waals surface area contributed by atoms with Crippen LogP contribution >= 0.6 is 11.3 Å². The molecular formula is C14H9F3O2S. The monoisotopic (exact) mass is 298 g/mol. The minimum absolute atomic E-state index is 0.334. The second-order valence-electron chi connectivity index (χ2n) is 3.77. The molecule has 1 heterocycles. The predicted molar refractivity (Wildman–Crippen MR) is 69.3 cm³/mol. The minimum Gasteiger partial charge on any atom is -0.406 e. The Morgan fingerprint density at radius 2 is 1.85 bits per heavy atom. The third-order valence-electron chi connectivity index (χ3n) is 2.28. The third-order valence-corrected chi connectivity index (χ3v) is 3.07. The fourth-order valence-corrected chi connectivity index (χ4v) is 2.00. The van der Waals surface area contributed by atoms with E-state index in [-0.39, 0.29) is 5.75 Å². The van der Waals surface area contributed by atoms with Crippen molar-refractivity contribution in [3.05, 3.63) is 52.2 Å². The molecule has 1 atom stereocenters. The molecule has 0 bridgehead atoms. The molecule has 0 radical (unpaired) electrons. The zero-order valence-electron chi connectivity index (χ0n) is 10.0. The molecule has 104 valence electrons. The van der Waals surface area contributed by atoms with Gasteiger partial charge >= 0.3 is 6.36 Å². The van der Waals surface area contributed by atoms with E-state index in [0.29, 0.717) is 5.56 Å². The number of thiophene rings is 1. The van der Waals surface area contributed by atoms with Crippen LogP contribution in [0.4, 0.5) is 13.2 Å². The molecule has 0 amide bonds. The van der Waals surface area contributed by atoms with Crippen LogP contribution in [0.3, 0.4) is 0 Å². The fraction of sp³-hybridized carbons (Fsp3) is 0.143. The number of aliphatic hydroxyl groups is 1. The first-order chi connectivity index (χ1) is 9.44. The van der Waals surface area contributed by atoms with Gasteiger partial charge in [0, 0.05) is 0 Å². The highest BCUT2D eigenvalue weighted by Crippen LogP contribution is 2.24. The molecule has 0 spiro atoms. The van der Waals surface area contributed by atoms with Crippen molar-refractivity contribution >= 4 is 11.3 Å². The average molecular weight is 298 g/mol. The number of ether oxygens (including phenoxy) is 1. The van der Waals surface area contributed by atoms with Gasteiger partial charge in [-0.25, -0.2) is 0 Å². The van der Waals surface area contributed by atoms with Crippen molar-refractivity contribution in [2.24, 2.45) is 0 Å². The first-order valence-corrected chi connectivity index (χ1v) is 6.41. The Bertz CT molecular complexity index is 607. The van der Waals surface area contributed by atoms with Crippen molar-refractivity contribution in [2.75, 3.05) is 0 Å². The summed E-state index contributed by atoms with van der Waals surface area (Å²) in [6.07, 6.45) is -5.78. The van der Waals surface area contributed by atoms with Gasteiger partial charge in [0.1, 0.15) is 11.9 Å². The zero-order chi connectivity index (χ0) is 14.6. The van der Waals surface area contributed by atoms with Crippen LogP contribution < -0.4 is 4.74 Å². The zero-order valence-corrected chi connectivity index (χ0v) is 10.8. The summed E-state index contributed by atoms with van der Waals surface area (Å²) in [7, 11) is 0. The number of hydrogen-bond acceptors (Lipinski definition) is 3. The van der Waals surface area contributed by atoms with E-state index in [1.54, 1.807) is 0 Å². The highest BCUT2D eigenvalue weighted by molar-refractivity contribution is 7.10. The van der Waals surface area contributed by atoms with Gasteiger partial charge < -0.3 is 9.84 Å². The summed E-state index contributed by atoms with van der Waals surface area (Å²) in [5, 5.41) is 11.7. The Morgan fingerprint density at radius 3 is 2.40 bits per heavy atom. The van der Waals surface area contributed by atoms with Crippen LogP contribution in [0.1, 0.15) is 16.5 Å². The van der Waals surface area contributed by atoms with E-state index >= 15 is 0 Å². The molecular weight excluding hydrogens is 289 g/mol. The normalized spacial score (nSPS) is 12.4. The molecule has 1 aromatic carbocycles. The molecule has 6 heteroatoms. The van der Waals surface area contributed by atoms with E-state index in [1.807, 2.05) is 17.5 Å². The van der Waals surface area contributed by atoms with Crippen molar-refractivity contribution in [2.45, 2.75) is 12.5 Å². The molecule has 0 saturated heterocycles. The largest absolute Gasteiger partial charge is 0.573 e. The molecule has 0 saturated carbocycles. The van der Waals surface area contributed by atoms with Gasteiger partial charge in [-0.2, -0.15) is 0 Å². The minimum atomic E-state index is -4.72. The van der Waals surface area contributed by atoms with Crippen LogP contribution in [-0.4, -0.2) is 11.5 Å². The Labute approximate surface area is 117 Å². The average Bonchev–Trinajstić information content (AvgIpc) is 2.88. The van der Waals surface area contributed by atoms with Crippen molar-refractivity contribution in [3.8, 4) is 17.6 Å². The van der Waals surface area contributed by atoms with Gasteiger partial charge in [0.25, 0.3) is 0 Å². The molecule has 20 heavy (non-hydrogen) atoms. The van der Waals surface area contributed by atoms with Crippen molar-refractivity contribution in [1.29, 1.82) is 0 Å². The predicted octanol–water partition coefficient (Wildman–Crippen LogP) is 3.73. The van der Waals surface area contributed by atoms with Crippen molar-refractivity contribution in [3.63, 3.8) is 0 Å². The summed E-state index contributed by atoms with van der Waals surface area (Å²) in [6, 6.07) is 8.61. The standard InChI is InChI=1S/C14H9F3O2S/c15-14(16,17)19-11-5-3-10(4-6-11)13(18)8-7-12-2-1-9-20-12/h1-6,9,13,18H. The summed E-state index contributed by atoms with van der Waals surface area (Å²) >= 11 is 1.44. The first-order valence-electron chi connectivity index (χ1n) is 5.53. The number of aliphatic hydroxyl groups excluding tert-OH is 1. The molecule has 0 aliphatic rings. The molecule has 0 aliphatic heterocycles. The van der Waals surface area contributed by atoms with E-state index in [4.69, 9.17) is 0 Å². The lowest BCUT2D eigenvalue weighted by atomic mass is 10.1. The maximum absolute atomic E-state index is 12.0. The van der Waals surface area contributed by atoms with Crippen LogP contribution in [-0.2, 0) is 0 Å². The van der Waals surface area contributed by atoms with Gasteiger partial charge in [0.05, 0.1) is 4.88 Å². The van der Waals surface area contributed by atoms with E-state index in [2.05, 4.69) is 16.6 Å². The lowest BCUT2D eigenvalue weighted by molar-refractivity contribution is -0.274. The summed E-state index contributed by atoms with van der Waals surface area (Å²) in [6.45, 7) is 0. The highest BCUT2D eigenvalue weighted by Gasteiger charge is 2.30. The molecule has 2 nitrogen and oxygen atoms in total. The summed E-state index contributed by atoms with van der Waals surface area (Å²) in [5.41, 5.74) is 0.406. The van der Waals surface area contributed by atoms with Crippen LogP contribution in [0, 0.1) is 11.8 Å². The first kappa shape index (κ1) is 14.4. The van der Waals surface area contributed by atoms with E-state index in [9.17, 15) is 18.3 Å². The molecule has 1 unspecified atom stereocenters. The molecule has 1 aromatic heterocycles. The Balaban J connectivity index is 2.06. The summed E-state index contributed by atoms with van der Waals surface area (Å²) in [5.74, 6) is 5.07. The van der Waals surface area contributed by atoms with Gasteiger partial charge in [-0.05, 0) is 29.1 Å². The molecule has 1 N–H and O–H groups in total. The van der Waals surface area contributed by atoms with Crippen LogP contribution in [0.15, 0.2) is 41.8 Å². The highest BCUT2D eigenvalue weighted by atomic mass is 32.1. The van der Waals surface area contributed by atoms with Crippen LogP contribution in [0.25, 0.3) is 0 Å². The molecule has 0 fully saturated rings. The number of alkyl halides is 3. The maximum Gasteiger partial charge on any atom is 0.573 e. The molecule has 0 aliphatic carbocycles. The SMILES string of the molecule is OC(C#Cc1cccs1)c1ccc(OC(F)(F)F)cc1. The second-order valence-corrected chi connectivity index (χ2v) is 4.71. The van der Waals surface area contributed by atoms with Gasteiger partial charge in [-0.1, -0.05) is 30.0 Å². The Morgan fingerprint density at radius 1 is 1.15 bits per heavy atom. The van der Waals surface area contributed by atoms with Gasteiger partial charge in [-0.15, -0.1) is 24.5 Å². The number of benzene rings is 1. The maximum atomic E-state index is 12.0.